The zero-order valence-corrected chi connectivity index (χ0v) is 30.4. The Labute approximate surface area is 318 Å². The predicted molar refractivity (Wildman–Crippen MR) is 235 cm³/mol. The number of anilines is 2. The maximum absolute atomic E-state index is 2.53. The topological polar surface area (TPSA) is 3.24 Å². The molecule has 1 unspecified atom stereocenters. The number of benzene rings is 9. The van der Waals surface area contributed by atoms with Gasteiger partial charge in [0.2, 0.25) is 0 Å². The third-order valence-electron chi connectivity index (χ3n) is 11.4. The highest BCUT2D eigenvalue weighted by Gasteiger charge is 2.22. The van der Waals surface area contributed by atoms with Crippen molar-refractivity contribution in [2.75, 3.05) is 4.90 Å². The van der Waals surface area contributed by atoms with Crippen LogP contribution < -0.4 is 4.90 Å². The Morgan fingerprint density at radius 3 is 1.89 bits per heavy atom. The maximum atomic E-state index is 2.53. The van der Waals surface area contributed by atoms with Gasteiger partial charge in [0.15, 0.2) is 0 Å². The van der Waals surface area contributed by atoms with Gasteiger partial charge in [0, 0.05) is 31.5 Å². The summed E-state index contributed by atoms with van der Waals surface area (Å²) in [4.78, 5) is 2.53. The van der Waals surface area contributed by atoms with Gasteiger partial charge in [0.25, 0.3) is 0 Å². The average Bonchev–Trinajstić information content (AvgIpc) is 3.62. The zero-order valence-electron chi connectivity index (χ0n) is 29.6. The van der Waals surface area contributed by atoms with E-state index >= 15 is 0 Å². The molecule has 10 aromatic rings. The molecular weight excluding hydrogens is 671 g/mol. The third-order valence-corrected chi connectivity index (χ3v) is 12.5. The molecule has 1 heterocycles. The monoisotopic (exact) mass is 705 g/mol. The number of rotatable bonds is 5. The van der Waals surface area contributed by atoms with Gasteiger partial charge in [-0.15, -0.1) is 11.3 Å². The highest BCUT2D eigenvalue weighted by atomic mass is 32.1. The van der Waals surface area contributed by atoms with Crippen molar-refractivity contribution in [3.8, 4) is 11.1 Å². The summed E-state index contributed by atoms with van der Waals surface area (Å²) in [6, 6.07) is 65.2. The lowest BCUT2D eigenvalue weighted by Crippen LogP contribution is -2.30. The first-order valence-corrected chi connectivity index (χ1v) is 19.6. The van der Waals surface area contributed by atoms with Crippen LogP contribution in [-0.4, -0.2) is 6.04 Å². The molecule has 9 aromatic carbocycles. The number of thiophene rings is 1. The summed E-state index contributed by atoms with van der Waals surface area (Å²) in [5.41, 5.74) is 7.42. The lowest BCUT2D eigenvalue weighted by molar-refractivity contribution is 0.788. The van der Waals surface area contributed by atoms with Gasteiger partial charge in [-0.25, -0.2) is 0 Å². The van der Waals surface area contributed by atoms with Crippen LogP contribution in [0.15, 0.2) is 194 Å². The van der Waals surface area contributed by atoms with E-state index in [9.17, 15) is 0 Å². The van der Waals surface area contributed by atoms with Crippen LogP contribution in [0.25, 0.3) is 80.0 Å². The van der Waals surface area contributed by atoms with Crippen molar-refractivity contribution in [3.63, 3.8) is 0 Å². The first kappa shape index (κ1) is 31.1. The number of fused-ring (bicyclic) bond motifs is 9. The van der Waals surface area contributed by atoms with Gasteiger partial charge in [-0.05, 0) is 114 Å². The van der Waals surface area contributed by atoms with Crippen LogP contribution in [-0.2, 0) is 0 Å². The van der Waals surface area contributed by atoms with Crippen LogP contribution in [0.3, 0.4) is 0 Å². The first-order chi connectivity index (χ1) is 26.7. The van der Waals surface area contributed by atoms with Gasteiger partial charge >= 0.3 is 0 Å². The molecule has 11 rings (SSSR count). The number of hydrogen-bond acceptors (Lipinski definition) is 2. The Kier molecular flexibility index (Phi) is 7.24. The van der Waals surface area contributed by atoms with Gasteiger partial charge in [0.05, 0.1) is 6.04 Å². The Balaban J connectivity index is 1.00. The standard InChI is InChI=1S/C52H35NS/c1-3-11-44-35(8-1)10-7-14-45(44)37-24-28-42(29-25-37)53(43-30-31-51-49(33-43)47-13-5-6-15-50(47)54-51)41-26-22-34(23-27-41)40-21-18-38-17-20-39-19-16-36-9-2-4-12-46(36)52(39)48(38)32-40/h1-28,30-33,42H,29H2. The summed E-state index contributed by atoms with van der Waals surface area (Å²) in [5, 5.41) is 13.0. The fourth-order valence-electron chi connectivity index (χ4n) is 8.69. The summed E-state index contributed by atoms with van der Waals surface area (Å²) < 4.78 is 2.65. The van der Waals surface area contributed by atoms with Crippen molar-refractivity contribution in [2.45, 2.75) is 12.5 Å². The van der Waals surface area contributed by atoms with E-state index in [4.69, 9.17) is 0 Å². The quantitative estimate of drug-likeness (QED) is 0.161. The molecule has 54 heavy (non-hydrogen) atoms. The summed E-state index contributed by atoms with van der Waals surface area (Å²) >= 11 is 1.87. The number of allylic oxidation sites excluding steroid dienone is 2. The largest absolute Gasteiger partial charge is 0.334 e. The molecule has 0 aliphatic heterocycles. The molecule has 0 fully saturated rings. The summed E-state index contributed by atoms with van der Waals surface area (Å²) in [6.07, 6.45) is 8.07. The SMILES string of the molecule is C1=CC(N(c2ccc(-c3ccc4ccc5ccc6ccccc6c5c4c3)cc2)c2ccc3sc4ccccc4c3c2)CC=C1c1cccc2ccccc12. The zero-order chi connectivity index (χ0) is 35.6. The van der Waals surface area contributed by atoms with E-state index in [2.05, 4.69) is 199 Å². The van der Waals surface area contributed by atoms with Crippen molar-refractivity contribution < 1.29 is 0 Å². The summed E-state index contributed by atoms with van der Waals surface area (Å²) in [6.45, 7) is 0. The molecule has 0 N–H and O–H groups in total. The van der Waals surface area contributed by atoms with Crippen molar-refractivity contribution in [1.82, 2.24) is 0 Å². The van der Waals surface area contributed by atoms with Crippen LogP contribution in [0.5, 0.6) is 0 Å². The Morgan fingerprint density at radius 1 is 0.444 bits per heavy atom. The molecule has 0 saturated carbocycles. The molecule has 1 atom stereocenters. The fourth-order valence-corrected chi connectivity index (χ4v) is 9.78. The van der Waals surface area contributed by atoms with Gasteiger partial charge in [-0.1, -0.05) is 152 Å². The average molecular weight is 706 g/mol. The number of hydrogen-bond donors (Lipinski definition) is 0. The minimum Gasteiger partial charge on any atom is -0.334 e. The molecule has 1 aliphatic carbocycles. The third kappa shape index (κ3) is 5.14. The molecule has 0 amide bonds. The molecule has 0 saturated heterocycles. The lowest BCUT2D eigenvalue weighted by Gasteiger charge is -2.33. The highest BCUT2D eigenvalue weighted by Crippen LogP contribution is 2.41. The van der Waals surface area contributed by atoms with Crippen LogP contribution in [0.1, 0.15) is 12.0 Å². The molecule has 1 nitrogen and oxygen atoms in total. The second kappa shape index (κ2) is 12.6. The molecule has 254 valence electrons. The Bertz CT molecular complexity index is 3130. The van der Waals surface area contributed by atoms with Crippen molar-refractivity contribution in [3.05, 3.63) is 200 Å². The molecule has 1 aliphatic rings. The Morgan fingerprint density at radius 2 is 1.07 bits per heavy atom. The molecule has 0 radical (unpaired) electrons. The first-order valence-electron chi connectivity index (χ1n) is 18.8. The lowest BCUT2D eigenvalue weighted by atomic mass is 9.92. The van der Waals surface area contributed by atoms with Crippen LogP contribution in [0, 0.1) is 0 Å². The van der Waals surface area contributed by atoms with Gasteiger partial charge in [-0.3, -0.25) is 0 Å². The normalized spacial score (nSPS) is 14.4. The van der Waals surface area contributed by atoms with E-state index in [1.807, 2.05) is 11.3 Å². The Hall–Kier alpha value is -6.48. The second-order valence-electron chi connectivity index (χ2n) is 14.4. The van der Waals surface area contributed by atoms with E-state index in [1.54, 1.807) is 0 Å². The van der Waals surface area contributed by atoms with E-state index in [1.165, 1.54) is 96.9 Å². The van der Waals surface area contributed by atoms with Crippen molar-refractivity contribution in [1.29, 1.82) is 0 Å². The van der Waals surface area contributed by atoms with Gasteiger partial charge in [-0.2, -0.15) is 0 Å². The minimum absolute atomic E-state index is 0.164. The maximum Gasteiger partial charge on any atom is 0.0560 e. The molecule has 0 spiro atoms. The predicted octanol–water partition coefficient (Wildman–Crippen LogP) is 14.9. The van der Waals surface area contributed by atoms with Gasteiger partial charge < -0.3 is 4.90 Å². The summed E-state index contributed by atoms with van der Waals surface area (Å²) in [7, 11) is 0. The summed E-state index contributed by atoms with van der Waals surface area (Å²) in [5.74, 6) is 0. The molecule has 1 aromatic heterocycles. The van der Waals surface area contributed by atoms with Crippen molar-refractivity contribution >= 4 is 91.5 Å². The van der Waals surface area contributed by atoms with Crippen LogP contribution >= 0.6 is 11.3 Å². The minimum atomic E-state index is 0.164. The smallest absolute Gasteiger partial charge is 0.0560 e. The fraction of sp³-hybridized carbons (Fsp3) is 0.0385. The molecule has 0 bridgehead atoms. The van der Waals surface area contributed by atoms with E-state index in [0.717, 1.165) is 6.42 Å². The molecule has 2 heteroatoms. The highest BCUT2D eigenvalue weighted by molar-refractivity contribution is 7.25. The van der Waals surface area contributed by atoms with Gasteiger partial charge in [0.1, 0.15) is 0 Å². The van der Waals surface area contributed by atoms with Crippen molar-refractivity contribution in [2.24, 2.45) is 0 Å². The van der Waals surface area contributed by atoms with Crippen LogP contribution in [0.2, 0.25) is 0 Å². The van der Waals surface area contributed by atoms with E-state index in [-0.39, 0.29) is 6.04 Å². The molecular formula is C52H35NS. The number of nitrogens with zero attached hydrogens (tertiary/aromatic N) is 1. The van der Waals surface area contributed by atoms with E-state index in [0.29, 0.717) is 0 Å². The van der Waals surface area contributed by atoms with E-state index < -0.39 is 0 Å². The van der Waals surface area contributed by atoms with Crippen LogP contribution in [0.4, 0.5) is 11.4 Å². The second-order valence-corrected chi connectivity index (χ2v) is 15.5.